The van der Waals surface area contributed by atoms with Crippen LogP contribution in [0.5, 0.6) is 11.5 Å². The zero-order chi connectivity index (χ0) is 23.2. The number of aryl methyl sites for hydroxylation is 1. The summed E-state index contributed by atoms with van der Waals surface area (Å²) in [4.78, 5) is 18.3. The average Bonchev–Trinajstić information content (AvgIpc) is 3.52. The molecule has 2 aliphatic rings. The van der Waals surface area contributed by atoms with Crippen molar-refractivity contribution in [3.63, 3.8) is 0 Å². The van der Waals surface area contributed by atoms with Gasteiger partial charge in [-0.2, -0.15) is 9.30 Å². The molecule has 3 aromatic rings. The van der Waals surface area contributed by atoms with Gasteiger partial charge in [-0.1, -0.05) is 35.1 Å². The molecule has 0 radical (unpaired) electrons. The first-order valence-corrected chi connectivity index (χ1v) is 12.8. The minimum atomic E-state index is -3.79. The Hall–Kier alpha value is -2.95. The predicted molar refractivity (Wildman–Crippen MR) is 125 cm³/mol. The van der Waals surface area contributed by atoms with Gasteiger partial charge in [0.15, 0.2) is 16.3 Å². The molecule has 0 saturated carbocycles. The van der Waals surface area contributed by atoms with E-state index >= 15 is 0 Å². The van der Waals surface area contributed by atoms with Crippen molar-refractivity contribution in [3.8, 4) is 11.5 Å². The monoisotopic (exact) mass is 485 g/mol. The number of sulfonamides is 1. The number of carbonyl (C=O) groups excluding carboxylic acids is 1. The number of aromatic nitrogens is 1. The van der Waals surface area contributed by atoms with Gasteiger partial charge in [-0.3, -0.25) is 4.79 Å². The van der Waals surface area contributed by atoms with E-state index < -0.39 is 22.0 Å². The van der Waals surface area contributed by atoms with Gasteiger partial charge in [-0.15, -0.1) is 6.58 Å². The molecular formula is C23H23N3O5S2. The molecule has 10 heteroatoms. The summed E-state index contributed by atoms with van der Waals surface area (Å²) in [7, 11) is -3.79. The number of benzene rings is 2. The van der Waals surface area contributed by atoms with Crippen LogP contribution in [0.2, 0.25) is 0 Å². The fourth-order valence-electron chi connectivity index (χ4n) is 4.14. The van der Waals surface area contributed by atoms with Gasteiger partial charge in [-0.25, -0.2) is 8.42 Å². The summed E-state index contributed by atoms with van der Waals surface area (Å²) in [6.07, 6.45) is 2.78. The van der Waals surface area contributed by atoms with E-state index in [4.69, 9.17) is 9.47 Å². The molecule has 2 aliphatic heterocycles. The highest BCUT2D eigenvalue weighted by atomic mass is 32.2. The van der Waals surface area contributed by atoms with Gasteiger partial charge in [0, 0.05) is 25.2 Å². The second-order valence-electron chi connectivity index (χ2n) is 7.99. The number of thiazole rings is 1. The van der Waals surface area contributed by atoms with Gasteiger partial charge < -0.3 is 14.0 Å². The fraction of sp³-hybridized carbons (Fsp3) is 0.304. The maximum Gasteiger partial charge on any atom is 0.266 e. The lowest BCUT2D eigenvalue weighted by Crippen LogP contribution is -2.40. The number of ether oxygens (including phenoxy) is 2. The molecule has 0 aliphatic carbocycles. The van der Waals surface area contributed by atoms with Crippen molar-refractivity contribution in [2.75, 3.05) is 13.3 Å². The molecule has 3 heterocycles. The zero-order valence-electron chi connectivity index (χ0n) is 18.1. The van der Waals surface area contributed by atoms with Crippen LogP contribution >= 0.6 is 11.3 Å². The van der Waals surface area contributed by atoms with Gasteiger partial charge >= 0.3 is 0 Å². The van der Waals surface area contributed by atoms with Gasteiger partial charge in [-0.05, 0) is 31.9 Å². The van der Waals surface area contributed by atoms with Crippen molar-refractivity contribution in [1.29, 1.82) is 0 Å². The van der Waals surface area contributed by atoms with Crippen molar-refractivity contribution in [2.24, 2.45) is 4.99 Å². The minimum absolute atomic E-state index is 0.177. The van der Waals surface area contributed by atoms with E-state index in [0.29, 0.717) is 42.2 Å². The van der Waals surface area contributed by atoms with E-state index in [9.17, 15) is 13.2 Å². The molecule has 172 valence electrons. The van der Waals surface area contributed by atoms with E-state index in [1.807, 2.05) is 23.6 Å². The molecule has 5 rings (SSSR count). The Balaban J connectivity index is 1.52. The summed E-state index contributed by atoms with van der Waals surface area (Å²) in [5.41, 5.74) is 1.82. The van der Waals surface area contributed by atoms with E-state index in [1.165, 1.54) is 15.6 Å². The van der Waals surface area contributed by atoms with Crippen molar-refractivity contribution in [3.05, 3.63) is 59.4 Å². The first kappa shape index (κ1) is 21.9. The third kappa shape index (κ3) is 3.88. The Labute approximate surface area is 195 Å². The summed E-state index contributed by atoms with van der Waals surface area (Å²) >= 11 is 1.35. The number of fused-ring (bicyclic) bond motifs is 2. The van der Waals surface area contributed by atoms with E-state index in [1.54, 1.807) is 30.3 Å². The van der Waals surface area contributed by atoms with Crippen LogP contribution in [0, 0.1) is 6.92 Å². The molecule has 8 nitrogen and oxygen atoms in total. The van der Waals surface area contributed by atoms with Gasteiger partial charge in [0.2, 0.25) is 16.8 Å². The zero-order valence-corrected chi connectivity index (χ0v) is 19.7. The Morgan fingerprint density at radius 2 is 1.97 bits per heavy atom. The first-order chi connectivity index (χ1) is 15.9. The SMILES string of the molecule is C=CCn1c(=NC(=O)C2CCCN2S(=O)(=O)c2ccc(C)cc2)sc2cc3c(cc21)OCO3. The lowest BCUT2D eigenvalue weighted by Gasteiger charge is -2.21. The summed E-state index contributed by atoms with van der Waals surface area (Å²) in [6, 6.07) is 9.58. The van der Waals surface area contributed by atoms with Gasteiger partial charge in [0.1, 0.15) is 6.04 Å². The summed E-state index contributed by atoms with van der Waals surface area (Å²) in [5, 5.41) is 0. The van der Waals surface area contributed by atoms with Crippen molar-refractivity contribution >= 4 is 37.5 Å². The molecule has 2 aromatic carbocycles. The number of hydrogen-bond acceptors (Lipinski definition) is 6. The van der Waals surface area contributed by atoms with Crippen LogP contribution in [0.4, 0.5) is 0 Å². The third-order valence-corrected chi connectivity index (χ3v) is 8.77. The normalized spacial score (nSPS) is 18.8. The van der Waals surface area contributed by atoms with Crippen LogP contribution < -0.4 is 14.3 Å². The van der Waals surface area contributed by atoms with Gasteiger partial charge in [0.25, 0.3) is 5.91 Å². The maximum atomic E-state index is 13.2. The molecule has 1 atom stereocenters. The van der Waals surface area contributed by atoms with Crippen LogP contribution in [0.15, 0.2) is 58.9 Å². The Morgan fingerprint density at radius 3 is 2.70 bits per heavy atom. The van der Waals surface area contributed by atoms with Crippen LogP contribution in [0.1, 0.15) is 18.4 Å². The molecule has 0 bridgehead atoms. The average molecular weight is 486 g/mol. The van der Waals surface area contributed by atoms with Crippen molar-refractivity contribution < 1.29 is 22.7 Å². The number of hydrogen-bond donors (Lipinski definition) is 0. The third-order valence-electron chi connectivity index (χ3n) is 5.81. The molecule has 1 saturated heterocycles. The summed E-state index contributed by atoms with van der Waals surface area (Å²) in [5.74, 6) is 0.827. The number of carbonyl (C=O) groups is 1. The van der Waals surface area contributed by atoms with E-state index in [2.05, 4.69) is 11.6 Å². The highest BCUT2D eigenvalue weighted by Crippen LogP contribution is 2.37. The second kappa shape index (κ2) is 8.44. The molecule has 1 aromatic heterocycles. The van der Waals surface area contributed by atoms with Crippen LogP contribution in [-0.2, 0) is 21.4 Å². The lowest BCUT2D eigenvalue weighted by molar-refractivity contribution is -0.121. The first-order valence-electron chi connectivity index (χ1n) is 10.6. The Kier molecular flexibility index (Phi) is 5.59. The van der Waals surface area contributed by atoms with Gasteiger partial charge in [0.05, 0.1) is 15.1 Å². The topological polar surface area (TPSA) is 90.2 Å². The fourth-order valence-corrected chi connectivity index (χ4v) is 6.85. The molecule has 1 unspecified atom stereocenters. The smallest absolute Gasteiger partial charge is 0.266 e. The van der Waals surface area contributed by atoms with Crippen molar-refractivity contribution in [1.82, 2.24) is 8.87 Å². The maximum absolute atomic E-state index is 13.2. The van der Waals surface area contributed by atoms with Crippen LogP contribution in [-0.4, -0.2) is 42.6 Å². The molecule has 0 spiro atoms. The molecule has 1 amide bonds. The standard InChI is InChI=1S/C23H23N3O5S2/c1-3-10-25-18-12-19-20(31-14-30-19)13-21(18)32-23(25)24-22(27)17-5-4-11-26(17)33(28,29)16-8-6-15(2)7-9-16/h3,6-9,12-13,17H,1,4-5,10-11,14H2,2H3. The Morgan fingerprint density at radius 1 is 1.24 bits per heavy atom. The number of allylic oxidation sites excluding steroid dienone is 1. The largest absolute Gasteiger partial charge is 0.454 e. The van der Waals surface area contributed by atoms with Crippen molar-refractivity contribution in [2.45, 2.75) is 37.2 Å². The molecule has 0 N–H and O–H groups in total. The molecule has 1 fully saturated rings. The van der Waals surface area contributed by atoms with E-state index in [0.717, 1.165) is 15.8 Å². The highest BCUT2D eigenvalue weighted by Gasteiger charge is 2.39. The summed E-state index contributed by atoms with van der Waals surface area (Å²) in [6.45, 7) is 6.62. The number of amides is 1. The minimum Gasteiger partial charge on any atom is -0.454 e. The second-order valence-corrected chi connectivity index (χ2v) is 10.9. The molecular weight excluding hydrogens is 462 g/mol. The molecule has 33 heavy (non-hydrogen) atoms. The Bertz CT molecular complexity index is 1420. The lowest BCUT2D eigenvalue weighted by atomic mass is 10.2. The van der Waals surface area contributed by atoms with E-state index in [-0.39, 0.29) is 11.7 Å². The number of nitrogens with zero attached hydrogens (tertiary/aromatic N) is 3. The predicted octanol–water partition coefficient (Wildman–Crippen LogP) is 3.21. The quantitative estimate of drug-likeness (QED) is 0.518. The number of rotatable bonds is 5. The van der Waals surface area contributed by atoms with Crippen LogP contribution in [0.25, 0.3) is 10.2 Å². The highest BCUT2D eigenvalue weighted by molar-refractivity contribution is 7.89. The summed E-state index contributed by atoms with van der Waals surface area (Å²) < 4.78 is 41.5. The van der Waals surface area contributed by atoms with Crippen LogP contribution in [0.3, 0.4) is 0 Å².